The quantitative estimate of drug-likeness (QED) is 0.649. The summed E-state index contributed by atoms with van der Waals surface area (Å²) in [6, 6.07) is 3.40. The number of nitrogens with one attached hydrogen (secondary N) is 1. The van der Waals surface area contributed by atoms with E-state index in [-0.39, 0.29) is 23.7 Å². The van der Waals surface area contributed by atoms with Crippen molar-refractivity contribution in [3.63, 3.8) is 0 Å². The van der Waals surface area contributed by atoms with E-state index in [1.807, 2.05) is 0 Å². The Morgan fingerprint density at radius 2 is 1.96 bits per heavy atom. The van der Waals surface area contributed by atoms with Crippen LogP contribution in [-0.2, 0) is 0 Å². The van der Waals surface area contributed by atoms with E-state index in [9.17, 15) is 19.3 Å². The van der Waals surface area contributed by atoms with Crippen molar-refractivity contribution >= 4 is 24.0 Å². The number of hydrogen-bond acceptors (Lipinski definition) is 4. The van der Waals surface area contributed by atoms with Gasteiger partial charge >= 0.3 is 0 Å². The molecule has 2 aliphatic rings. The number of nitro groups is 1. The summed E-state index contributed by atoms with van der Waals surface area (Å²) in [5.41, 5.74) is -0.509. The van der Waals surface area contributed by atoms with E-state index >= 15 is 0 Å². The first kappa shape index (κ1) is 18.6. The van der Waals surface area contributed by atoms with Crippen LogP contribution in [0.1, 0.15) is 36.0 Å². The molecule has 0 unspecified atom stereocenters. The largest absolute Gasteiger partial charge is 0.338 e. The highest BCUT2D eigenvalue weighted by Crippen LogP contribution is 2.28. The third kappa shape index (κ3) is 4.42. The third-order valence-corrected chi connectivity index (χ3v) is 4.56. The van der Waals surface area contributed by atoms with E-state index in [2.05, 4.69) is 5.32 Å². The molecule has 0 radical (unpaired) electrons. The van der Waals surface area contributed by atoms with Gasteiger partial charge in [-0.3, -0.25) is 14.9 Å². The number of benzene rings is 1. The van der Waals surface area contributed by atoms with Gasteiger partial charge in [0.05, 0.1) is 4.92 Å². The van der Waals surface area contributed by atoms with Gasteiger partial charge in [-0.1, -0.05) is 0 Å². The minimum atomic E-state index is -0.642. The van der Waals surface area contributed by atoms with Gasteiger partial charge in [-0.2, -0.15) is 0 Å². The Kier molecular flexibility index (Phi) is 6.12. The summed E-state index contributed by atoms with van der Waals surface area (Å²) >= 11 is 0. The van der Waals surface area contributed by atoms with Crippen molar-refractivity contribution < 1.29 is 14.1 Å². The van der Waals surface area contributed by atoms with Crippen molar-refractivity contribution in [2.75, 3.05) is 19.6 Å². The fourth-order valence-corrected chi connectivity index (χ4v) is 2.95. The summed E-state index contributed by atoms with van der Waals surface area (Å²) in [7, 11) is 0. The van der Waals surface area contributed by atoms with E-state index in [1.54, 1.807) is 4.90 Å². The molecule has 1 aliphatic carbocycles. The van der Waals surface area contributed by atoms with Gasteiger partial charge < -0.3 is 10.2 Å². The normalized spacial score (nSPS) is 18.1. The first-order chi connectivity index (χ1) is 11.0. The summed E-state index contributed by atoms with van der Waals surface area (Å²) in [5, 5.41) is 14.5. The first-order valence-electron chi connectivity index (χ1n) is 8.01. The summed E-state index contributed by atoms with van der Waals surface area (Å²) in [6.45, 7) is 2.11. The first-order valence-corrected chi connectivity index (χ1v) is 8.01. The lowest BCUT2D eigenvalue weighted by molar-refractivity contribution is -0.385. The van der Waals surface area contributed by atoms with Crippen molar-refractivity contribution in [1.82, 2.24) is 10.2 Å². The number of nitro benzene ring substituents is 1. The van der Waals surface area contributed by atoms with Crippen LogP contribution in [0, 0.1) is 21.8 Å². The van der Waals surface area contributed by atoms with Crippen LogP contribution in [-0.4, -0.2) is 41.4 Å². The van der Waals surface area contributed by atoms with Crippen molar-refractivity contribution in [2.24, 2.45) is 5.92 Å². The number of rotatable bonds is 5. The number of piperidine rings is 1. The highest BCUT2D eigenvalue weighted by molar-refractivity contribution is 5.98. The van der Waals surface area contributed by atoms with Gasteiger partial charge in [0.2, 0.25) is 0 Å². The van der Waals surface area contributed by atoms with Crippen LogP contribution in [0.4, 0.5) is 10.1 Å². The van der Waals surface area contributed by atoms with Gasteiger partial charge in [0.1, 0.15) is 11.4 Å². The van der Waals surface area contributed by atoms with Crippen LogP contribution in [0.2, 0.25) is 0 Å². The molecule has 0 spiro atoms. The van der Waals surface area contributed by atoms with Gasteiger partial charge in [0.15, 0.2) is 0 Å². The molecule has 0 atom stereocenters. The molecule has 1 aromatic carbocycles. The molecule has 132 valence electrons. The van der Waals surface area contributed by atoms with Gasteiger partial charge in [-0.05, 0) is 50.3 Å². The van der Waals surface area contributed by atoms with Crippen LogP contribution in [0.5, 0.6) is 0 Å². The van der Waals surface area contributed by atoms with E-state index in [4.69, 9.17) is 0 Å². The topological polar surface area (TPSA) is 75.5 Å². The highest BCUT2D eigenvalue weighted by Gasteiger charge is 2.29. The molecule has 1 aliphatic heterocycles. The Morgan fingerprint density at radius 3 is 2.54 bits per heavy atom. The third-order valence-electron chi connectivity index (χ3n) is 4.56. The van der Waals surface area contributed by atoms with E-state index in [0.717, 1.165) is 43.5 Å². The van der Waals surface area contributed by atoms with Crippen LogP contribution in [0.3, 0.4) is 0 Å². The molecule has 3 rings (SSSR count). The molecule has 2 fully saturated rings. The molecule has 8 heteroatoms. The average molecular weight is 358 g/mol. The Morgan fingerprint density at radius 1 is 1.29 bits per heavy atom. The smallest absolute Gasteiger partial charge is 0.282 e. The van der Waals surface area contributed by atoms with Crippen molar-refractivity contribution in [1.29, 1.82) is 0 Å². The lowest BCUT2D eigenvalue weighted by atomic mass is 10.0. The number of carbonyl (C=O) groups excluding carboxylic acids is 1. The van der Waals surface area contributed by atoms with E-state index < -0.39 is 16.6 Å². The SMILES string of the molecule is Cl.O=C(c1cc(F)ccc1[N+](=O)[O-])N1CCC(NCC2CC2)CC1. The highest BCUT2D eigenvalue weighted by atomic mass is 35.5. The molecule has 1 amide bonds. The molecule has 6 nitrogen and oxygen atoms in total. The van der Waals surface area contributed by atoms with Gasteiger partial charge in [-0.15, -0.1) is 12.4 Å². The zero-order chi connectivity index (χ0) is 16.4. The fraction of sp³-hybridized carbons (Fsp3) is 0.562. The molecule has 0 aromatic heterocycles. The number of amides is 1. The van der Waals surface area contributed by atoms with Crippen molar-refractivity contribution in [3.8, 4) is 0 Å². The number of carbonyl (C=O) groups is 1. The van der Waals surface area contributed by atoms with Crippen molar-refractivity contribution in [2.45, 2.75) is 31.7 Å². The molecule has 1 aromatic rings. The standard InChI is InChI=1S/C16H20FN3O3.ClH/c17-12-3-4-15(20(22)23)14(9-12)16(21)19-7-5-13(6-8-19)18-10-11-1-2-11;/h3-4,9,11,13,18H,1-2,5-8,10H2;1H. The predicted molar refractivity (Wildman–Crippen MR) is 90.0 cm³/mol. The van der Waals surface area contributed by atoms with Gasteiger partial charge in [0, 0.05) is 25.2 Å². The minimum Gasteiger partial charge on any atom is -0.338 e. The average Bonchev–Trinajstić information content (AvgIpc) is 3.36. The number of halogens is 2. The molecule has 1 saturated heterocycles. The Bertz CT molecular complexity index is 617. The molecular formula is C16H21ClFN3O3. The number of nitrogens with zero attached hydrogens (tertiary/aromatic N) is 2. The second kappa shape index (κ2) is 7.90. The molecule has 1 heterocycles. The monoisotopic (exact) mass is 357 g/mol. The zero-order valence-corrected chi connectivity index (χ0v) is 14.1. The van der Waals surface area contributed by atoms with Gasteiger partial charge in [-0.25, -0.2) is 4.39 Å². The van der Waals surface area contributed by atoms with Crippen LogP contribution < -0.4 is 5.32 Å². The fourth-order valence-electron chi connectivity index (χ4n) is 2.95. The molecule has 0 bridgehead atoms. The Balaban J connectivity index is 0.00000208. The number of hydrogen-bond donors (Lipinski definition) is 1. The number of likely N-dealkylation sites (tertiary alicyclic amines) is 1. The van der Waals surface area contributed by atoms with Crippen molar-refractivity contribution in [3.05, 3.63) is 39.7 Å². The Labute approximate surface area is 146 Å². The maximum Gasteiger partial charge on any atom is 0.282 e. The van der Waals surface area contributed by atoms with E-state index in [1.165, 1.54) is 12.8 Å². The maximum atomic E-state index is 13.4. The maximum absolute atomic E-state index is 13.4. The summed E-state index contributed by atoms with van der Waals surface area (Å²) < 4.78 is 13.4. The summed E-state index contributed by atoms with van der Waals surface area (Å²) in [5.74, 6) is -0.290. The molecule has 1 saturated carbocycles. The second-order valence-electron chi connectivity index (χ2n) is 6.34. The van der Waals surface area contributed by atoms with Gasteiger partial charge in [0.25, 0.3) is 11.6 Å². The zero-order valence-electron chi connectivity index (χ0n) is 13.2. The summed E-state index contributed by atoms with van der Waals surface area (Å²) in [6.07, 6.45) is 4.24. The molecule has 1 N–H and O–H groups in total. The molecule has 24 heavy (non-hydrogen) atoms. The lowest BCUT2D eigenvalue weighted by Crippen LogP contribution is -2.45. The lowest BCUT2D eigenvalue weighted by Gasteiger charge is -2.32. The molecular weight excluding hydrogens is 337 g/mol. The second-order valence-corrected chi connectivity index (χ2v) is 6.34. The predicted octanol–water partition coefficient (Wildman–Crippen LogP) is 2.76. The van der Waals surface area contributed by atoms with Crippen LogP contribution in [0.15, 0.2) is 18.2 Å². The summed E-state index contributed by atoms with van der Waals surface area (Å²) in [4.78, 5) is 24.5. The van der Waals surface area contributed by atoms with E-state index in [0.29, 0.717) is 19.1 Å². The van der Waals surface area contributed by atoms with Crippen LogP contribution in [0.25, 0.3) is 0 Å². The Hall–Kier alpha value is -1.73. The minimum absolute atomic E-state index is 0. The van der Waals surface area contributed by atoms with Crippen LogP contribution >= 0.6 is 12.4 Å².